The van der Waals surface area contributed by atoms with Gasteiger partial charge in [-0.1, -0.05) is 23.7 Å². The molecular formula is C13H14ClN3O. The maximum Gasteiger partial charge on any atom is 0.255 e. The number of nitrogens with one attached hydrogen (secondary N) is 1. The molecular weight excluding hydrogens is 250 g/mol. The number of halogens is 1. The fourth-order valence-electron chi connectivity index (χ4n) is 1.64. The van der Waals surface area contributed by atoms with Crippen LogP contribution in [-0.2, 0) is 19.4 Å². The minimum Gasteiger partial charge on any atom is -0.326 e. The monoisotopic (exact) mass is 263 g/mol. The van der Waals surface area contributed by atoms with Crippen molar-refractivity contribution in [2.24, 2.45) is 5.73 Å². The first-order chi connectivity index (χ1) is 8.69. The normalized spacial score (nSPS) is 10.6. The number of aryl methyl sites for hydroxylation is 2. The number of aromatic nitrogens is 2. The van der Waals surface area contributed by atoms with Crippen LogP contribution in [0.5, 0.6) is 0 Å². The molecule has 2 aromatic rings. The van der Waals surface area contributed by atoms with Crippen molar-refractivity contribution in [1.82, 2.24) is 9.97 Å². The summed E-state index contributed by atoms with van der Waals surface area (Å²) in [7, 11) is 0. The Labute approximate surface area is 110 Å². The quantitative estimate of drug-likeness (QED) is 0.881. The van der Waals surface area contributed by atoms with Crippen molar-refractivity contribution in [3.8, 4) is 0 Å². The molecule has 1 aromatic heterocycles. The Kier molecular flexibility index (Phi) is 4.12. The van der Waals surface area contributed by atoms with Gasteiger partial charge in [-0.25, -0.2) is 4.98 Å². The van der Waals surface area contributed by atoms with Crippen molar-refractivity contribution >= 4 is 11.6 Å². The Balaban J connectivity index is 2.04. The van der Waals surface area contributed by atoms with Crippen LogP contribution in [0.1, 0.15) is 17.0 Å². The van der Waals surface area contributed by atoms with Crippen LogP contribution in [0.4, 0.5) is 0 Å². The Morgan fingerprint density at radius 1 is 1.22 bits per heavy atom. The summed E-state index contributed by atoms with van der Waals surface area (Å²) in [6, 6.07) is 7.64. The van der Waals surface area contributed by atoms with Gasteiger partial charge in [0.15, 0.2) is 0 Å². The molecule has 0 saturated heterocycles. The van der Waals surface area contributed by atoms with E-state index in [4.69, 9.17) is 17.3 Å². The minimum absolute atomic E-state index is 0.154. The number of benzene rings is 1. The molecule has 5 heteroatoms. The molecule has 0 fully saturated rings. The Hall–Kier alpha value is -1.65. The molecule has 0 atom stereocenters. The summed E-state index contributed by atoms with van der Waals surface area (Å²) in [6.07, 6.45) is 3.03. The van der Waals surface area contributed by atoms with Gasteiger partial charge in [0.05, 0.1) is 0 Å². The summed E-state index contributed by atoms with van der Waals surface area (Å²) in [6.45, 7) is 0.208. The predicted molar refractivity (Wildman–Crippen MR) is 71.6 cm³/mol. The molecule has 0 spiro atoms. The fraction of sp³-hybridized carbons (Fsp3) is 0.231. The van der Waals surface area contributed by atoms with Gasteiger partial charge in [0, 0.05) is 29.7 Å². The molecule has 1 heterocycles. The second-order valence-electron chi connectivity index (χ2n) is 4.01. The Morgan fingerprint density at radius 3 is 2.56 bits per heavy atom. The summed E-state index contributed by atoms with van der Waals surface area (Å²) in [4.78, 5) is 18.5. The average Bonchev–Trinajstić information content (AvgIpc) is 2.38. The fourth-order valence-corrected chi connectivity index (χ4v) is 1.77. The van der Waals surface area contributed by atoms with Crippen molar-refractivity contribution in [2.45, 2.75) is 19.4 Å². The van der Waals surface area contributed by atoms with E-state index in [1.54, 1.807) is 0 Å². The van der Waals surface area contributed by atoms with Gasteiger partial charge < -0.3 is 10.7 Å². The van der Waals surface area contributed by atoms with Crippen molar-refractivity contribution < 1.29 is 0 Å². The lowest BCUT2D eigenvalue weighted by Gasteiger charge is -2.03. The zero-order valence-electron chi connectivity index (χ0n) is 9.82. The van der Waals surface area contributed by atoms with Crippen LogP contribution in [0.2, 0.25) is 5.02 Å². The maximum absolute atomic E-state index is 11.5. The first kappa shape index (κ1) is 12.8. The molecule has 0 bridgehead atoms. The summed E-state index contributed by atoms with van der Waals surface area (Å²) < 4.78 is 0. The second kappa shape index (κ2) is 5.80. The number of nitrogens with two attached hydrogens (primary N) is 1. The van der Waals surface area contributed by atoms with Gasteiger partial charge in [0.2, 0.25) is 0 Å². The minimum atomic E-state index is -0.154. The largest absolute Gasteiger partial charge is 0.326 e. The van der Waals surface area contributed by atoms with Crippen LogP contribution in [0.15, 0.2) is 35.3 Å². The van der Waals surface area contributed by atoms with E-state index >= 15 is 0 Å². The van der Waals surface area contributed by atoms with E-state index in [0.717, 1.165) is 17.0 Å². The first-order valence-electron chi connectivity index (χ1n) is 5.70. The molecule has 0 aliphatic rings. The Morgan fingerprint density at radius 2 is 1.94 bits per heavy atom. The van der Waals surface area contributed by atoms with Crippen LogP contribution in [0, 0.1) is 0 Å². The van der Waals surface area contributed by atoms with Crippen LogP contribution in [-0.4, -0.2) is 9.97 Å². The molecule has 1 aromatic carbocycles. The van der Waals surface area contributed by atoms with Crippen molar-refractivity contribution in [1.29, 1.82) is 0 Å². The molecule has 0 unspecified atom stereocenters. The lowest BCUT2D eigenvalue weighted by atomic mass is 10.1. The van der Waals surface area contributed by atoms with Gasteiger partial charge >= 0.3 is 0 Å². The number of nitrogens with zero attached hydrogens (tertiary/aromatic N) is 1. The molecule has 94 valence electrons. The molecule has 3 N–H and O–H groups in total. The van der Waals surface area contributed by atoms with Gasteiger partial charge in [0.25, 0.3) is 5.56 Å². The van der Waals surface area contributed by atoms with E-state index in [9.17, 15) is 4.79 Å². The van der Waals surface area contributed by atoms with Crippen LogP contribution < -0.4 is 11.3 Å². The summed E-state index contributed by atoms with van der Waals surface area (Å²) in [5.41, 5.74) is 6.92. The van der Waals surface area contributed by atoms with E-state index in [0.29, 0.717) is 17.8 Å². The van der Waals surface area contributed by atoms with Crippen molar-refractivity contribution in [3.05, 3.63) is 62.8 Å². The summed E-state index contributed by atoms with van der Waals surface area (Å²) in [5.74, 6) is 0.673. The predicted octanol–water partition coefficient (Wildman–Crippen LogP) is 1.67. The standard InChI is InChI=1S/C13H14ClN3O/c14-11-4-1-9(2-5-11)3-6-12-16-8-10(7-15)13(18)17-12/h1-2,4-5,8H,3,6-7,15H2,(H,16,17,18). The van der Waals surface area contributed by atoms with Crippen LogP contribution in [0.3, 0.4) is 0 Å². The number of hydrogen-bond donors (Lipinski definition) is 2. The SMILES string of the molecule is NCc1cnc(CCc2ccc(Cl)cc2)[nH]c1=O. The average molecular weight is 264 g/mol. The highest BCUT2D eigenvalue weighted by Gasteiger charge is 2.01. The topological polar surface area (TPSA) is 71.8 Å². The molecule has 0 aliphatic heterocycles. The van der Waals surface area contributed by atoms with E-state index < -0.39 is 0 Å². The number of rotatable bonds is 4. The third kappa shape index (κ3) is 3.18. The number of H-pyrrole nitrogens is 1. The second-order valence-corrected chi connectivity index (χ2v) is 4.45. The number of hydrogen-bond acceptors (Lipinski definition) is 3. The smallest absolute Gasteiger partial charge is 0.255 e. The number of aromatic amines is 1. The first-order valence-corrected chi connectivity index (χ1v) is 6.08. The van der Waals surface area contributed by atoms with Gasteiger partial charge in [-0.15, -0.1) is 0 Å². The Bertz CT molecular complexity index is 578. The van der Waals surface area contributed by atoms with Gasteiger partial charge in [-0.3, -0.25) is 4.79 Å². The molecule has 0 amide bonds. The van der Waals surface area contributed by atoms with E-state index in [2.05, 4.69) is 9.97 Å². The van der Waals surface area contributed by atoms with E-state index in [1.165, 1.54) is 6.20 Å². The van der Waals surface area contributed by atoms with Crippen LogP contribution in [0.25, 0.3) is 0 Å². The highest BCUT2D eigenvalue weighted by atomic mass is 35.5. The lowest BCUT2D eigenvalue weighted by Crippen LogP contribution is -2.19. The molecule has 2 rings (SSSR count). The zero-order chi connectivity index (χ0) is 13.0. The maximum atomic E-state index is 11.5. The molecule has 0 radical (unpaired) electrons. The van der Waals surface area contributed by atoms with Gasteiger partial charge in [0.1, 0.15) is 5.82 Å². The summed E-state index contributed by atoms with van der Waals surface area (Å²) in [5, 5.41) is 0.720. The highest BCUT2D eigenvalue weighted by molar-refractivity contribution is 6.30. The molecule has 0 saturated carbocycles. The highest BCUT2D eigenvalue weighted by Crippen LogP contribution is 2.10. The van der Waals surface area contributed by atoms with Crippen molar-refractivity contribution in [3.63, 3.8) is 0 Å². The van der Waals surface area contributed by atoms with Gasteiger partial charge in [-0.05, 0) is 24.1 Å². The zero-order valence-corrected chi connectivity index (χ0v) is 10.6. The molecule has 18 heavy (non-hydrogen) atoms. The van der Waals surface area contributed by atoms with E-state index in [-0.39, 0.29) is 12.1 Å². The summed E-state index contributed by atoms with van der Waals surface area (Å²) >= 11 is 5.81. The lowest BCUT2D eigenvalue weighted by molar-refractivity contribution is 0.829. The molecule has 4 nitrogen and oxygen atoms in total. The van der Waals surface area contributed by atoms with Crippen molar-refractivity contribution in [2.75, 3.05) is 0 Å². The van der Waals surface area contributed by atoms with Gasteiger partial charge in [-0.2, -0.15) is 0 Å². The van der Waals surface area contributed by atoms with Crippen LogP contribution >= 0.6 is 11.6 Å². The third-order valence-corrected chi connectivity index (χ3v) is 2.96. The third-order valence-electron chi connectivity index (χ3n) is 2.71. The molecule has 0 aliphatic carbocycles. The van der Waals surface area contributed by atoms with E-state index in [1.807, 2.05) is 24.3 Å².